The van der Waals surface area contributed by atoms with Gasteiger partial charge in [-0.2, -0.15) is 0 Å². The van der Waals surface area contributed by atoms with E-state index in [0.29, 0.717) is 0 Å². The van der Waals surface area contributed by atoms with Crippen LogP contribution in [-0.2, 0) is 5.41 Å². The maximum absolute atomic E-state index is 5.36. The average Bonchev–Trinajstić information content (AvgIpc) is 3.52. The van der Waals surface area contributed by atoms with Crippen LogP contribution in [0.15, 0.2) is 158 Å². The Kier molecular flexibility index (Phi) is 6.55. The van der Waals surface area contributed by atoms with Gasteiger partial charge in [-0.05, 0) is 123 Å². The van der Waals surface area contributed by atoms with Gasteiger partial charge in [0.1, 0.15) is 0 Å². The molecule has 2 heteroatoms. The van der Waals surface area contributed by atoms with Crippen molar-refractivity contribution < 1.29 is 0 Å². The first-order chi connectivity index (χ1) is 26.7. The summed E-state index contributed by atoms with van der Waals surface area (Å²) in [7, 11) is 0. The Morgan fingerprint density at radius 3 is 1.56 bits per heavy atom. The lowest BCUT2D eigenvalue weighted by Gasteiger charge is -2.61. The molecule has 4 fully saturated rings. The standard InChI is InChI=1S/C52H40N2/c1-3-13-34(14-4-1)47-31-48(54-51(53-47)35-15-5-2-6-16-35)50-43-20-9-7-18-41(43)49(42-19-8-10-21-44(42)50)36-23-24-40-39-17-11-12-22-45(39)52(46(40)30-36)37-26-32-25-33(28-37)29-38(52)27-32/h1-24,30-33,37-38H,25-29H2. The summed E-state index contributed by atoms with van der Waals surface area (Å²) >= 11 is 0. The number of aromatic nitrogens is 2. The summed E-state index contributed by atoms with van der Waals surface area (Å²) in [6, 6.07) is 58.2. The zero-order valence-corrected chi connectivity index (χ0v) is 30.3. The van der Waals surface area contributed by atoms with E-state index in [1.165, 1.54) is 75.9 Å². The summed E-state index contributed by atoms with van der Waals surface area (Å²) in [5.41, 5.74) is 14.1. The molecule has 2 nitrogen and oxygen atoms in total. The van der Waals surface area contributed by atoms with Crippen LogP contribution < -0.4 is 0 Å². The molecule has 1 spiro atoms. The molecule has 258 valence electrons. The quantitative estimate of drug-likeness (QED) is 0.172. The first-order valence-corrected chi connectivity index (χ1v) is 19.9. The molecule has 0 unspecified atom stereocenters. The number of fused-ring (bicyclic) bond motifs is 5. The molecule has 0 radical (unpaired) electrons. The molecule has 1 aromatic heterocycles. The van der Waals surface area contributed by atoms with E-state index in [4.69, 9.17) is 9.97 Å². The smallest absolute Gasteiger partial charge is 0.160 e. The maximum Gasteiger partial charge on any atom is 0.160 e. The lowest BCUT2D eigenvalue weighted by Crippen LogP contribution is -2.55. The second-order valence-electron chi connectivity index (χ2n) is 16.5. The highest BCUT2D eigenvalue weighted by molar-refractivity contribution is 6.21. The maximum atomic E-state index is 5.36. The molecule has 0 N–H and O–H groups in total. The normalized spacial score (nSPS) is 23.3. The fourth-order valence-electron chi connectivity index (χ4n) is 12.1. The highest BCUT2D eigenvalue weighted by Crippen LogP contribution is 2.69. The molecular formula is C52H40N2. The minimum absolute atomic E-state index is 0.129. The molecular weight excluding hydrogens is 653 g/mol. The van der Waals surface area contributed by atoms with Crippen LogP contribution in [0.25, 0.3) is 77.7 Å². The Morgan fingerprint density at radius 1 is 0.389 bits per heavy atom. The van der Waals surface area contributed by atoms with Gasteiger partial charge in [0.15, 0.2) is 5.82 Å². The van der Waals surface area contributed by atoms with Crippen molar-refractivity contribution >= 4 is 21.5 Å². The summed E-state index contributed by atoms with van der Waals surface area (Å²) in [5, 5.41) is 4.97. The minimum atomic E-state index is 0.129. The van der Waals surface area contributed by atoms with E-state index in [2.05, 4.69) is 152 Å². The molecule has 1 heterocycles. The van der Waals surface area contributed by atoms with E-state index in [-0.39, 0.29) is 5.41 Å². The zero-order valence-electron chi connectivity index (χ0n) is 30.3. The fraction of sp³-hybridized carbons (Fsp3) is 0.192. The molecule has 7 aromatic carbocycles. The molecule has 8 aromatic rings. The molecule has 0 amide bonds. The predicted octanol–water partition coefficient (Wildman–Crippen LogP) is 13.2. The monoisotopic (exact) mass is 692 g/mol. The number of nitrogens with zero attached hydrogens (tertiary/aromatic N) is 2. The Hall–Kier alpha value is -5.86. The zero-order chi connectivity index (χ0) is 35.4. The summed E-state index contributed by atoms with van der Waals surface area (Å²) in [4.78, 5) is 10.5. The Labute approximate surface area is 316 Å². The molecule has 5 aliphatic carbocycles. The van der Waals surface area contributed by atoms with E-state index in [0.717, 1.165) is 57.6 Å². The number of hydrogen-bond donors (Lipinski definition) is 0. The minimum Gasteiger partial charge on any atom is -0.228 e. The largest absolute Gasteiger partial charge is 0.228 e. The van der Waals surface area contributed by atoms with Crippen LogP contribution in [0.1, 0.15) is 43.2 Å². The van der Waals surface area contributed by atoms with Crippen LogP contribution in [0, 0.1) is 23.7 Å². The molecule has 13 rings (SSSR count). The second-order valence-corrected chi connectivity index (χ2v) is 16.5. The Morgan fingerprint density at radius 2 is 0.907 bits per heavy atom. The van der Waals surface area contributed by atoms with Gasteiger partial charge in [0.2, 0.25) is 0 Å². The van der Waals surface area contributed by atoms with Crippen LogP contribution in [0.5, 0.6) is 0 Å². The van der Waals surface area contributed by atoms with Crippen molar-refractivity contribution in [2.24, 2.45) is 23.7 Å². The fourth-order valence-corrected chi connectivity index (χ4v) is 12.1. The van der Waals surface area contributed by atoms with Crippen LogP contribution in [0.2, 0.25) is 0 Å². The Balaban J connectivity index is 1.11. The first-order valence-electron chi connectivity index (χ1n) is 19.9. The van der Waals surface area contributed by atoms with Crippen molar-refractivity contribution in [3.05, 3.63) is 169 Å². The Bertz CT molecular complexity index is 2640. The van der Waals surface area contributed by atoms with Gasteiger partial charge in [-0.25, -0.2) is 9.97 Å². The van der Waals surface area contributed by atoms with Gasteiger partial charge < -0.3 is 0 Å². The van der Waals surface area contributed by atoms with Gasteiger partial charge in [-0.15, -0.1) is 0 Å². The van der Waals surface area contributed by atoms with Gasteiger partial charge in [-0.3, -0.25) is 0 Å². The summed E-state index contributed by atoms with van der Waals surface area (Å²) in [6.07, 6.45) is 7.02. The van der Waals surface area contributed by atoms with Crippen LogP contribution in [0.3, 0.4) is 0 Å². The van der Waals surface area contributed by atoms with Gasteiger partial charge in [0, 0.05) is 22.1 Å². The molecule has 0 aliphatic heterocycles. The highest BCUT2D eigenvalue weighted by atomic mass is 14.9. The van der Waals surface area contributed by atoms with Crippen molar-refractivity contribution in [3.8, 4) is 56.2 Å². The van der Waals surface area contributed by atoms with Gasteiger partial charge in [-0.1, -0.05) is 146 Å². The molecule has 0 atom stereocenters. The number of rotatable bonds is 4. The number of hydrogen-bond acceptors (Lipinski definition) is 2. The third-order valence-electron chi connectivity index (χ3n) is 13.9. The highest BCUT2D eigenvalue weighted by Gasteiger charge is 2.61. The number of benzene rings is 7. The van der Waals surface area contributed by atoms with Crippen molar-refractivity contribution in [1.82, 2.24) is 9.97 Å². The molecule has 54 heavy (non-hydrogen) atoms. The van der Waals surface area contributed by atoms with E-state index in [9.17, 15) is 0 Å². The van der Waals surface area contributed by atoms with E-state index in [1.54, 1.807) is 11.1 Å². The van der Waals surface area contributed by atoms with E-state index >= 15 is 0 Å². The lowest BCUT2D eigenvalue weighted by molar-refractivity contribution is -0.0399. The second kappa shape index (κ2) is 11.6. The summed E-state index contributed by atoms with van der Waals surface area (Å²) < 4.78 is 0. The van der Waals surface area contributed by atoms with Crippen molar-refractivity contribution in [2.75, 3.05) is 0 Å². The lowest BCUT2D eigenvalue weighted by atomic mass is 9.43. The van der Waals surface area contributed by atoms with Crippen LogP contribution >= 0.6 is 0 Å². The van der Waals surface area contributed by atoms with E-state index in [1.807, 2.05) is 6.07 Å². The first kappa shape index (κ1) is 30.6. The molecule has 4 saturated carbocycles. The van der Waals surface area contributed by atoms with Crippen molar-refractivity contribution in [3.63, 3.8) is 0 Å². The SMILES string of the molecule is c1ccc(-c2cc(-c3c4ccccc4c(-c4ccc5c(c4)C4(c6ccccc6-5)C5CC6CC(C5)CC4C6)c4ccccc34)nc(-c3ccccc3)n2)cc1. The van der Waals surface area contributed by atoms with Gasteiger partial charge in [0.25, 0.3) is 0 Å². The summed E-state index contributed by atoms with van der Waals surface area (Å²) in [5.74, 6) is 4.05. The predicted molar refractivity (Wildman–Crippen MR) is 222 cm³/mol. The molecule has 5 aliphatic rings. The van der Waals surface area contributed by atoms with Crippen LogP contribution in [0.4, 0.5) is 0 Å². The summed E-state index contributed by atoms with van der Waals surface area (Å²) in [6.45, 7) is 0. The van der Waals surface area contributed by atoms with Crippen molar-refractivity contribution in [1.29, 1.82) is 0 Å². The topological polar surface area (TPSA) is 25.8 Å². The molecule has 0 saturated heterocycles. The average molecular weight is 693 g/mol. The molecule has 4 bridgehead atoms. The van der Waals surface area contributed by atoms with Gasteiger partial charge >= 0.3 is 0 Å². The van der Waals surface area contributed by atoms with Crippen LogP contribution in [-0.4, -0.2) is 9.97 Å². The van der Waals surface area contributed by atoms with E-state index < -0.39 is 0 Å². The third kappa shape index (κ3) is 4.28. The third-order valence-corrected chi connectivity index (χ3v) is 13.9. The van der Waals surface area contributed by atoms with Crippen molar-refractivity contribution in [2.45, 2.75) is 37.5 Å². The van der Waals surface area contributed by atoms with Gasteiger partial charge in [0.05, 0.1) is 11.4 Å².